The van der Waals surface area contributed by atoms with Gasteiger partial charge in [0, 0.05) is 5.56 Å². The molecule has 0 saturated carbocycles. The SMILES string of the molecule is CCCCCOc1ccc(-c2ccc(-c3ccc(OC(F)F)c(F)c3)cc2F)cc1. The highest BCUT2D eigenvalue weighted by molar-refractivity contribution is 5.71. The number of unbranched alkanes of at least 4 members (excludes halogenated alkanes) is 2. The van der Waals surface area contributed by atoms with Crippen molar-refractivity contribution in [2.75, 3.05) is 6.61 Å². The summed E-state index contributed by atoms with van der Waals surface area (Å²) in [6, 6.07) is 15.2. The number of alkyl halides is 2. The lowest BCUT2D eigenvalue weighted by atomic mass is 9.99. The summed E-state index contributed by atoms with van der Waals surface area (Å²) in [4.78, 5) is 0. The Morgan fingerprint density at radius 3 is 2.00 bits per heavy atom. The molecular formula is C24H22F4O2. The quantitative estimate of drug-likeness (QED) is 0.265. The maximum atomic E-state index is 14.7. The molecule has 0 aromatic heterocycles. The Labute approximate surface area is 173 Å². The number of rotatable bonds is 9. The summed E-state index contributed by atoms with van der Waals surface area (Å²) >= 11 is 0. The van der Waals surface area contributed by atoms with E-state index < -0.39 is 24.0 Å². The van der Waals surface area contributed by atoms with E-state index in [-0.39, 0.29) is 0 Å². The first-order valence-electron chi connectivity index (χ1n) is 9.75. The van der Waals surface area contributed by atoms with Gasteiger partial charge in [0.1, 0.15) is 11.6 Å². The Morgan fingerprint density at radius 1 is 0.767 bits per heavy atom. The van der Waals surface area contributed by atoms with Crippen LogP contribution in [-0.4, -0.2) is 13.2 Å². The van der Waals surface area contributed by atoms with Gasteiger partial charge < -0.3 is 9.47 Å². The van der Waals surface area contributed by atoms with Crippen LogP contribution in [-0.2, 0) is 0 Å². The molecule has 6 heteroatoms. The fourth-order valence-electron chi connectivity index (χ4n) is 3.07. The third kappa shape index (κ3) is 5.53. The fraction of sp³-hybridized carbons (Fsp3) is 0.250. The van der Waals surface area contributed by atoms with Crippen LogP contribution in [0.1, 0.15) is 26.2 Å². The van der Waals surface area contributed by atoms with Crippen LogP contribution < -0.4 is 9.47 Å². The van der Waals surface area contributed by atoms with Crippen molar-refractivity contribution in [1.29, 1.82) is 0 Å². The first kappa shape index (κ1) is 21.7. The third-order valence-corrected chi connectivity index (χ3v) is 4.63. The van der Waals surface area contributed by atoms with E-state index in [4.69, 9.17) is 4.74 Å². The molecule has 0 heterocycles. The molecule has 0 aliphatic rings. The molecule has 0 aliphatic carbocycles. The zero-order valence-electron chi connectivity index (χ0n) is 16.5. The molecule has 158 valence electrons. The van der Waals surface area contributed by atoms with Crippen LogP contribution in [0.25, 0.3) is 22.3 Å². The number of hydrogen-bond donors (Lipinski definition) is 0. The van der Waals surface area contributed by atoms with Gasteiger partial charge in [0.05, 0.1) is 6.61 Å². The van der Waals surface area contributed by atoms with Crippen LogP contribution >= 0.6 is 0 Å². The second-order valence-electron chi connectivity index (χ2n) is 6.80. The van der Waals surface area contributed by atoms with E-state index in [2.05, 4.69) is 11.7 Å². The summed E-state index contributed by atoms with van der Waals surface area (Å²) in [5.74, 6) is -1.24. The normalized spacial score (nSPS) is 11.0. The molecular weight excluding hydrogens is 396 g/mol. The van der Waals surface area contributed by atoms with Crippen LogP contribution in [0.4, 0.5) is 17.6 Å². The van der Waals surface area contributed by atoms with Gasteiger partial charge in [-0.05, 0) is 53.4 Å². The van der Waals surface area contributed by atoms with Crippen molar-refractivity contribution in [2.45, 2.75) is 32.8 Å². The molecule has 3 aromatic carbocycles. The van der Waals surface area contributed by atoms with E-state index in [1.807, 2.05) is 0 Å². The molecule has 0 atom stereocenters. The molecule has 3 aromatic rings. The van der Waals surface area contributed by atoms with Gasteiger partial charge in [-0.15, -0.1) is 0 Å². The van der Waals surface area contributed by atoms with Gasteiger partial charge >= 0.3 is 6.61 Å². The molecule has 0 saturated heterocycles. The van der Waals surface area contributed by atoms with E-state index >= 15 is 0 Å². The lowest BCUT2D eigenvalue weighted by Crippen LogP contribution is -2.03. The van der Waals surface area contributed by atoms with Crippen LogP contribution in [0, 0.1) is 11.6 Å². The highest BCUT2D eigenvalue weighted by Gasteiger charge is 2.13. The van der Waals surface area contributed by atoms with E-state index in [9.17, 15) is 17.6 Å². The molecule has 0 aliphatic heterocycles. The van der Waals surface area contributed by atoms with Gasteiger partial charge in [0.15, 0.2) is 11.6 Å². The number of benzene rings is 3. The van der Waals surface area contributed by atoms with Crippen molar-refractivity contribution in [3.63, 3.8) is 0 Å². The van der Waals surface area contributed by atoms with Gasteiger partial charge in [-0.3, -0.25) is 0 Å². The van der Waals surface area contributed by atoms with Crippen LogP contribution in [0.2, 0.25) is 0 Å². The summed E-state index contributed by atoms with van der Waals surface area (Å²) in [7, 11) is 0. The first-order chi connectivity index (χ1) is 14.5. The Hall–Kier alpha value is -3.02. The molecule has 0 amide bonds. The van der Waals surface area contributed by atoms with Gasteiger partial charge in [-0.2, -0.15) is 8.78 Å². The monoisotopic (exact) mass is 418 g/mol. The predicted octanol–water partition coefficient (Wildman–Crippen LogP) is 7.47. The highest BCUT2D eigenvalue weighted by Crippen LogP contribution is 2.31. The average Bonchev–Trinajstić information content (AvgIpc) is 2.73. The number of ether oxygens (including phenoxy) is 2. The van der Waals surface area contributed by atoms with Crippen molar-refractivity contribution < 1.29 is 27.0 Å². The lowest BCUT2D eigenvalue weighted by molar-refractivity contribution is -0.0521. The smallest absolute Gasteiger partial charge is 0.387 e. The Bertz CT molecular complexity index is 971. The first-order valence-corrected chi connectivity index (χ1v) is 9.75. The highest BCUT2D eigenvalue weighted by atomic mass is 19.3. The van der Waals surface area contributed by atoms with Crippen molar-refractivity contribution in [1.82, 2.24) is 0 Å². The standard InChI is InChI=1S/C24H22F4O2/c1-2-3-4-13-29-19-9-5-16(6-10-19)20-11-7-17(14-21(20)25)18-8-12-23(22(26)15-18)30-24(27)28/h5-12,14-15,24H,2-4,13H2,1H3. The van der Waals surface area contributed by atoms with Crippen molar-refractivity contribution >= 4 is 0 Å². The molecule has 0 bridgehead atoms. The van der Waals surface area contributed by atoms with E-state index in [0.29, 0.717) is 28.9 Å². The third-order valence-electron chi connectivity index (χ3n) is 4.63. The lowest BCUT2D eigenvalue weighted by Gasteiger charge is -2.10. The maximum Gasteiger partial charge on any atom is 0.387 e. The largest absolute Gasteiger partial charge is 0.494 e. The van der Waals surface area contributed by atoms with Gasteiger partial charge in [0.25, 0.3) is 0 Å². The maximum absolute atomic E-state index is 14.7. The summed E-state index contributed by atoms with van der Waals surface area (Å²) < 4.78 is 62.9. The Kier molecular flexibility index (Phi) is 7.33. The molecule has 0 N–H and O–H groups in total. The Balaban J connectivity index is 1.74. The zero-order chi connectivity index (χ0) is 21.5. The molecule has 3 rings (SSSR count). The predicted molar refractivity (Wildman–Crippen MR) is 109 cm³/mol. The molecule has 0 fully saturated rings. The topological polar surface area (TPSA) is 18.5 Å². The fourth-order valence-corrected chi connectivity index (χ4v) is 3.07. The minimum atomic E-state index is -3.12. The summed E-state index contributed by atoms with van der Waals surface area (Å²) in [5.41, 5.74) is 1.87. The molecule has 30 heavy (non-hydrogen) atoms. The van der Waals surface area contributed by atoms with Crippen molar-refractivity contribution in [3.05, 3.63) is 72.3 Å². The Morgan fingerprint density at radius 2 is 1.40 bits per heavy atom. The average molecular weight is 418 g/mol. The number of halogens is 4. The summed E-state index contributed by atoms with van der Waals surface area (Å²) in [6.07, 6.45) is 3.23. The minimum absolute atomic E-state index is 0.357. The molecule has 0 radical (unpaired) electrons. The molecule has 0 spiro atoms. The second kappa shape index (κ2) is 10.1. The van der Waals surface area contributed by atoms with Crippen molar-refractivity contribution in [3.8, 4) is 33.8 Å². The summed E-state index contributed by atoms with van der Waals surface area (Å²) in [5, 5.41) is 0. The van der Waals surface area contributed by atoms with Crippen LogP contribution in [0.15, 0.2) is 60.7 Å². The van der Waals surface area contributed by atoms with Crippen molar-refractivity contribution in [2.24, 2.45) is 0 Å². The van der Waals surface area contributed by atoms with Crippen LogP contribution in [0.5, 0.6) is 11.5 Å². The minimum Gasteiger partial charge on any atom is -0.494 e. The van der Waals surface area contributed by atoms with Crippen LogP contribution in [0.3, 0.4) is 0 Å². The van der Waals surface area contributed by atoms with Gasteiger partial charge in [-0.1, -0.05) is 50.1 Å². The molecule has 0 unspecified atom stereocenters. The zero-order valence-corrected chi connectivity index (χ0v) is 16.5. The van der Waals surface area contributed by atoms with Gasteiger partial charge in [0.2, 0.25) is 0 Å². The van der Waals surface area contributed by atoms with E-state index in [0.717, 1.165) is 37.1 Å². The van der Waals surface area contributed by atoms with E-state index in [1.54, 1.807) is 36.4 Å². The molecule has 2 nitrogen and oxygen atoms in total. The summed E-state index contributed by atoms with van der Waals surface area (Å²) in [6.45, 7) is -0.342. The van der Waals surface area contributed by atoms with Gasteiger partial charge in [-0.25, -0.2) is 8.78 Å². The number of hydrogen-bond acceptors (Lipinski definition) is 2. The van der Waals surface area contributed by atoms with E-state index in [1.165, 1.54) is 12.1 Å². The second-order valence-corrected chi connectivity index (χ2v) is 6.80.